The quantitative estimate of drug-likeness (QED) is 0.600. The van der Waals surface area contributed by atoms with Crippen LogP contribution in [0.2, 0.25) is 0 Å². The number of aromatic nitrogens is 1. The number of piperidine rings is 1. The molecule has 0 radical (unpaired) electrons. The van der Waals surface area contributed by atoms with Crippen LogP contribution in [0, 0.1) is 0 Å². The summed E-state index contributed by atoms with van der Waals surface area (Å²) in [6.45, 7) is 2.47. The fraction of sp³-hybridized carbons (Fsp3) is 0.526. The number of aliphatic hydroxyl groups is 1. The van der Waals surface area contributed by atoms with Crippen LogP contribution < -0.4 is 0 Å². The second kappa shape index (κ2) is 8.58. The molecule has 1 N–H and O–H groups in total. The van der Waals surface area contributed by atoms with E-state index in [2.05, 4.69) is 0 Å². The van der Waals surface area contributed by atoms with Crippen molar-refractivity contribution in [3.05, 3.63) is 28.9 Å². The maximum Gasteiger partial charge on any atom is 0.266 e. The molecule has 146 valence electrons. The van der Waals surface area contributed by atoms with Gasteiger partial charge in [-0.1, -0.05) is 24.0 Å². The molecule has 3 heterocycles. The fourth-order valence-corrected chi connectivity index (χ4v) is 5.07. The first-order valence-corrected chi connectivity index (χ1v) is 10.5. The largest absolute Gasteiger partial charge is 0.396 e. The highest BCUT2D eigenvalue weighted by atomic mass is 32.2. The standard InChI is InChI=1S/C19H25N3O3S2/c1-13(17(24)21-10-4-3-6-14(21)8-11-23)22-18(25)16(27-19(22)26)12-15-7-5-9-20(15)2/h5,7,9,12-14,23H,3-4,6,8,10-11H2,1-2H3. The molecule has 8 heteroatoms. The molecule has 0 aromatic carbocycles. The molecule has 0 saturated carbocycles. The van der Waals surface area contributed by atoms with E-state index in [0.29, 0.717) is 22.2 Å². The van der Waals surface area contributed by atoms with Gasteiger partial charge in [0.15, 0.2) is 0 Å². The van der Waals surface area contributed by atoms with Crippen molar-refractivity contribution in [2.24, 2.45) is 7.05 Å². The summed E-state index contributed by atoms with van der Waals surface area (Å²) in [5.74, 6) is -0.313. The lowest BCUT2D eigenvalue weighted by Crippen LogP contribution is -2.53. The lowest BCUT2D eigenvalue weighted by Gasteiger charge is -2.38. The Balaban J connectivity index is 1.77. The van der Waals surface area contributed by atoms with Crippen molar-refractivity contribution in [2.75, 3.05) is 13.2 Å². The molecule has 2 unspecified atom stereocenters. The van der Waals surface area contributed by atoms with Gasteiger partial charge in [-0.3, -0.25) is 14.5 Å². The Labute approximate surface area is 169 Å². The van der Waals surface area contributed by atoms with Crippen LogP contribution in [0.3, 0.4) is 0 Å². The first kappa shape index (κ1) is 20.1. The van der Waals surface area contributed by atoms with Gasteiger partial charge in [-0.05, 0) is 50.8 Å². The fourth-order valence-electron chi connectivity index (χ4n) is 3.66. The lowest BCUT2D eigenvalue weighted by molar-refractivity contribution is -0.142. The summed E-state index contributed by atoms with van der Waals surface area (Å²) in [5.41, 5.74) is 0.911. The van der Waals surface area contributed by atoms with E-state index >= 15 is 0 Å². The molecule has 0 spiro atoms. The zero-order chi connectivity index (χ0) is 19.6. The highest BCUT2D eigenvalue weighted by molar-refractivity contribution is 8.26. The van der Waals surface area contributed by atoms with Crippen LogP contribution in [0.25, 0.3) is 6.08 Å². The van der Waals surface area contributed by atoms with Gasteiger partial charge in [0, 0.05) is 38.1 Å². The smallest absolute Gasteiger partial charge is 0.266 e. The summed E-state index contributed by atoms with van der Waals surface area (Å²) in [6, 6.07) is 3.23. The van der Waals surface area contributed by atoms with Gasteiger partial charge in [0.05, 0.1) is 4.91 Å². The van der Waals surface area contributed by atoms with Gasteiger partial charge in [-0.15, -0.1) is 0 Å². The minimum absolute atomic E-state index is 0.0380. The van der Waals surface area contributed by atoms with E-state index in [1.165, 1.54) is 16.7 Å². The zero-order valence-corrected chi connectivity index (χ0v) is 17.3. The molecule has 2 amide bonds. The molecule has 2 atom stereocenters. The summed E-state index contributed by atoms with van der Waals surface area (Å²) in [7, 11) is 1.91. The third kappa shape index (κ3) is 4.12. The number of nitrogens with zero attached hydrogens (tertiary/aromatic N) is 3. The second-order valence-corrected chi connectivity index (χ2v) is 8.64. The van der Waals surface area contributed by atoms with Gasteiger partial charge < -0.3 is 14.6 Å². The summed E-state index contributed by atoms with van der Waals surface area (Å²) < 4.78 is 2.34. The lowest BCUT2D eigenvalue weighted by atomic mass is 9.98. The molecule has 1 aromatic rings. The van der Waals surface area contributed by atoms with Crippen molar-refractivity contribution in [1.29, 1.82) is 0 Å². The van der Waals surface area contributed by atoms with Gasteiger partial charge in [0.2, 0.25) is 5.91 Å². The number of hydrogen-bond acceptors (Lipinski definition) is 5. The van der Waals surface area contributed by atoms with Gasteiger partial charge in [-0.25, -0.2) is 0 Å². The van der Waals surface area contributed by atoms with Crippen molar-refractivity contribution in [3.63, 3.8) is 0 Å². The Hall–Kier alpha value is -1.64. The molecule has 2 aliphatic rings. The Kier molecular flexibility index (Phi) is 6.39. The summed E-state index contributed by atoms with van der Waals surface area (Å²) >= 11 is 6.65. The number of amides is 2. The number of carbonyl (C=O) groups is 2. The van der Waals surface area contributed by atoms with E-state index in [0.717, 1.165) is 25.0 Å². The monoisotopic (exact) mass is 407 g/mol. The van der Waals surface area contributed by atoms with E-state index < -0.39 is 6.04 Å². The number of thioether (sulfide) groups is 1. The first-order chi connectivity index (χ1) is 12.9. The van der Waals surface area contributed by atoms with Crippen molar-refractivity contribution in [2.45, 2.75) is 44.7 Å². The maximum atomic E-state index is 13.1. The number of rotatable bonds is 5. The highest BCUT2D eigenvalue weighted by Gasteiger charge is 2.41. The van der Waals surface area contributed by atoms with Crippen molar-refractivity contribution >= 4 is 46.2 Å². The molecule has 0 aliphatic carbocycles. The first-order valence-electron chi connectivity index (χ1n) is 9.23. The Bertz CT molecular complexity index is 772. The minimum Gasteiger partial charge on any atom is -0.396 e. The third-order valence-electron chi connectivity index (χ3n) is 5.20. The molecule has 6 nitrogen and oxygen atoms in total. The number of thiocarbonyl (C=S) groups is 1. The van der Waals surface area contributed by atoms with Crippen LogP contribution in [-0.4, -0.2) is 60.8 Å². The SMILES string of the molecule is CC(C(=O)N1CCCCC1CCO)N1C(=O)C(=Cc2cccn2C)SC1=S. The molecule has 0 bridgehead atoms. The van der Waals surface area contributed by atoms with Gasteiger partial charge in [0.1, 0.15) is 10.4 Å². The van der Waals surface area contributed by atoms with Crippen molar-refractivity contribution < 1.29 is 14.7 Å². The molecular weight excluding hydrogens is 382 g/mol. The van der Waals surface area contributed by atoms with Gasteiger partial charge in [-0.2, -0.15) is 0 Å². The molecule has 2 fully saturated rings. The highest BCUT2D eigenvalue weighted by Crippen LogP contribution is 2.34. The molecule has 27 heavy (non-hydrogen) atoms. The number of carbonyl (C=O) groups excluding carboxylic acids is 2. The van der Waals surface area contributed by atoms with Gasteiger partial charge >= 0.3 is 0 Å². The second-order valence-electron chi connectivity index (χ2n) is 6.97. The summed E-state index contributed by atoms with van der Waals surface area (Å²) in [6.07, 6.45) is 7.20. The Morgan fingerprint density at radius 1 is 1.48 bits per heavy atom. The molecular formula is C19H25N3O3S2. The normalized spacial score (nSPS) is 23.4. The van der Waals surface area contributed by atoms with Crippen LogP contribution in [0.5, 0.6) is 0 Å². The molecule has 1 aromatic heterocycles. The van der Waals surface area contributed by atoms with Crippen LogP contribution >= 0.6 is 24.0 Å². The van der Waals surface area contributed by atoms with E-state index in [1.54, 1.807) is 6.92 Å². The molecule has 2 saturated heterocycles. The summed E-state index contributed by atoms with van der Waals surface area (Å²) in [5, 5.41) is 9.30. The Morgan fingerprint density at radius 3 is 2.93 bits per heavy atom. The van der Waals surface area contributed by atoms with Crippen molar-refractivity contribution in [3.8, 4) is 0 Å². The minimum atomic E-state index is -0.642. The Morgan fingerprint density at radius 2 is 2.26 bits per heavy atom. The van der Waals surface area contributed by atoms with E-state index in [1.807, 2.05) is 40.9 Å². The van der Waals surface area contributed by atoms with Crippen LogP contribution in [0.15, 0.2) is 23.2 Å². The van der Waals surface area contributed by atoms with E-state index in [-0.39, 0.29) is 24.5 Å². The van der Waals surface area contributed by atoms with Crippen LogP contribution in [0.1, 0.15) is 38.3 Å². The molecule has 3 rings (SSSR count). The number of likely N-dealkylation sites (tertiary alicyclic amines) is 1. The third-order valence-corrected chi connectivity index (χ3v) is 6.53. The topological polar surface area (TPSA) is 65.8 Å². The van der Waals surface area contributed by atoms with Crippen LogP contribution in [-0.2, 0) is 16.6 Å². The van der Waals surface area contributed by atoms with Crippen LogP contribution in [0.4, 0.5) is 0 Å². The van der Waals surface area contributed by atoms with E-state index in [9.17, 15) is 14.7 Å². The summed E-state index contributed by atoms with van der Waals surface area (Å²) in [4.78, 5) is 29.8. The average molecular weight is 408 g/mol. The number of hydrogen-bond donors (Lipinski definition) is 1. The van der Waals surface area contributed by atoms with Gasteiger partial charge in [0.25, 0.3) is 5.91 Å². The number of aliphatic hydroxyl groups excluding tert-OH is 1. The number of aryl methyl sites for hydroxylation is 1. The predicted molar refractivity (Wildman–Crippen MR) is 111 cm³/mol. The predicted octanol–water partition coefficient (Wildman–Crippen LogP) is 2.38. The average Bonchev–Trinajstić information content (AvgIpc) is 3.17. The van der Waals surface area contributed by atoms with E-state index in [4.69, 9.17) is 12.2 Å². The molecule has 2 aliphatic heterocycles. The van der Waals surface area contributed by atoms with Crippen molar-refractivity contribution in [1.82, 2.24) is 14.4 Å². The zero-order valence-electron chi connectivity index (χ0n) is 15.6. The maximum absolute atomic E-state index is 13.1.